The van der Waals surface area contributed by atoms with Gasteiger partial charge in [0.05, 0.1) is 18.2 Å². The first-order valence-corrected chi connectivity index (χ1v) is 5.77. The molecule has 1 unspecified atom stereocenters. The molecule has 1 aromatic heterocycles. The summed E-state index contributed by atoms with van der Waals surface area (Å²) in [7, 11) is 1.57. The van der Waals surface area contributed by atoms with Gasteiger partial charge in [-0.15, -0.1) is 0 Å². The zero-order valence-corrected chi connectivity index (χ0v) is 10.2. The van der Waals surface area contributed by atoms with Gasteiger partial charge in [-0.05, 0) is 23.8 Å². The Bertz CT molecular complexity index is 687. The second-order valence-electron chi connectivity index (χ2n) is 4.19. The summed E-state index contributed by atoms with van der Waals surface area (Å²) in [5.41, 5.74) is 1.12. The number of H-pyrrole nitrogens is 1. The molecule has 0 saturated carbocycles. The second-order valence-corrected chi connectivity index (χ2v) is 4.19. The van der Waals surface area contributed by atoms with Crippen molar-refractivity contribution in [1.29, 1.82) is 0 Å². The molecule has 0 aliphatic carbocycles. The van der Waals surface area contributed by atoms with Crippen LogP contribution in [0.15, 0.2) is 41.3 Å². The number of nitrogens with one attached hydrogen (secondary N) is 1. The first-order valence-electron chi connectivity index (χ1n) is 5.77. The molecule has 5 heteroatoms. The number of methoxy groups -OCH3 is 1. The van der Waals surface area contributed by atoms with E-state index in [0.29, 0.717) is 16.9 Å². The van der Waals surface area contributed by atoms with Crippen LogP contribution in [0.3, 0.4) is 0 Å². The number of ether oxygens (including phenoxy) is 2. The maximum absolute atomic E-state index is 11.9. The Morgan fingerprint density at radius 2 is 1.89 bits per heavy atom. The number of cyclic esters (lactones) is 1. The highest BCUT2D eigenvalue weighted by Gasteiger charge is 2.34. The average molecular weight is 257 g/mol. The normalized spacial score (nSPS) is 16.9. The third kappa shape index (κ3) is 1.79. The molecule has 1 aliphatic rings. The van der Waals surface area contributed by atoms with Gasteiger partial charge in [-0.3, -0.25) is 4.79 Å². The lowest BCUT2D eigenvalue weighted by Gasteiger charge is -2.10. The summed E-state index contributed by atoms with van der Waals surface area (Å²) in [5.74, 6) is 0.234. The van der Waals surface area contributed by atoms with Crippen molar-refractivity contribution in [3.05, 3.63) is 63.6 Å². The van der Waals surface area contributed by atoms with Crippen LogP contribution >= 0.6 is 0 Å². The van der Waals surface area contributed by atoms with Crippen molar-refractivity contribution in [3.8, 4) is 5.75 Å². The molecular formula is C14H11NO4. The summed E-state index contributed by atoms with van der Waals surface area (Å²) in [6.45, 7) is 0. The zero-order chi connectivity index (χ0) is 13.4. The van der Waals surface area contributed by atoms with Crippen molar-refractivity contribution in [2.45, 2.75) is 6.10 Å². The van der Waals surface area contributed by atoms with E-state index < -0.39 is 12.1 Å². The topological polar surface area (TPSA) is 68.4 Å². The lowest BCUT2D eigenvalue weighted by molar-refractivity contribution is 0.0455. The Balaban J connectivity index is 2.09. The van der Waals surface area contributed by atoms with Crippen molar-refractivity contribution in [2.24, 2.45) is 0 Å². The third-order valence-electron chi connectivity index (χ3n) is 3.12. The molecule has 0 fully saturated rings. The number of pyridine rings is 1. The molecule has 1 aliphatic heterocycles. The van der Waals surface area contributed by atoms with Crippen molar-refractivity contribution < 1.29 is 14.3 Å². The van der Waals surface area contributed by atoms with E-state index in [1.54, 1.807) is 37.4 Å². The molecule has 0 amide bonds. The van der Waals surface area contributed by atoms with Gasteiger partial charge in [-0.1, -0.05) is 12.1 Å². The molecule has 1 atom stereocenters. The Morgan fingerprint density at radius 3 is 2.58 bits per heavy atom. The molecule has 2 heterocycles. The number of fused-ring (bicyclic) bond motifs is 1. The molecule has 1 aromatic carbocycles. The number of aromatic nitrogens is 1. The van der Waals surface area contributed by atoms with E-state index in [-0.39, 0.29) is 5.56 Å². The number of benzene rings is 1. The Morgan fingerprint density at radius 1 is 1.16 bits per heavy atom. The van der Waals surface area contributed by atoms with E-state index in [9.17, 15) is 9.59 Å². The monoisotopic (exact) mass is 257 g/mol. The van der Waals surface area contributed by atoms with E-state index >= 15 is 0 Å². The van der Waals surface area contributed by atoms with Crippen LogP contribution in [0.1, 0.15) is 27.6 Å². The smallest absolute Gasteiger partial charge is 0.339 e. The highest BCUT2D eigenvalue weighted by Crippen LogP contribution is 2.33. The number of carbonyl (C=O) groups excluding carboxylic acids is 1. The molecule has 0 radical (unpaired) electrons. The van der Waals surface area contributed by atoms with Gasteiger partial charge in [-0.2, -0.15) is 0 Å². The van der Waals surface area contributed by atoms with Gasteiger partial charge in [0.15, 0.2) is 6.10 Å². The summed E-state index contributed by atoms with van der Waals surface area (Å²) in [6.07, 6.45) is 0.789. The SMILES string of the molecule is COc1ccc(C2OC(=O)c3cc[nH]c(=O)c32)cc1. The van der Waals surface area contributed by atoms with Crippen molar-refractivity contribution >= 4 is 5.97 Å². The lowest BCUT2D eigenvalue weighted by Crippen LogP contribution is -2.15. The zero-order valence-electron chi connectivity index (χ0n) is 10.2. The van der Waals surface area contributed by atoms with Gasteiger partial charge in [0.2, 0.25) is 0 Å². The first kappa shape index (κ1) is 11.5. The standard InChI is InChI=1S/C14H11NO4/c1-18-9-4-2-8(3-5-9)12-11-10(14(17)19-12)6-7-15-13(11)16/h2-7,12H,1H3,(H,15,16). The Kier molecular flexibility index (Phi) is 2.59. The van der Waals surface area contributed by atoms with Crippen LogP contribution in [0.5, 0.6) is 5.75 Å². The predicted molar refractivity (Wildman–Crippen MR) is 67.3 cm³/mol. The maximum Gasteiger partial charge on any atom is 0.339 e. The largest absolute Gasteiger partial charge is 0.497 e. The fraction of sp³-hybridized carbons (Fsp3) is 0.143. The fourth-order valence-corrected chi connectivity index (χ4v) is 2.17. The van der Waals surface area contributed by atoms with Crippen LogP contribution in [0.25, 0.3) is 0 Å². The summed E-state index contributed by atoms with van der Waals surface area (Å²) in [6, 6.07) is 8.63. The molecule has 0 saturated heterocycles. The molecular weight excluding hydrogens is 246 g/mol. The molecule has 19 heavy (non-hydrogen) atoms. The Labute approximate surface area is 108 Å². The van der Waals surface area contributed by atoms with Crippen molar-refractivity contribution in [2.75, 3.05) is 7.11 Å². The summed E-state index contributed by atoms with van der Waals surface area (Å²) >= 11 is 0. The predicted octanol–water partition coefficient (Wildman–Crippen LogP) is 1.64. The van der Waals surface area contributed by atoms with E-state index in [4.69, 9.17) is 9.47 Å². The van der Waals surface area contributed by atoms with Crippen LogP contribution in [-0.4, -0.2) is 18.1 Å². The quantitative estimate of drug-likeness (QED) is 0.830. The minimum absolute atomic E-state index is 0.302. The summed E-state index contributed by atoms with van der Waals surface area (Å²) in [5, 5.41) is 0. The highest BCUT2D eigenvalue weighted by molar-refractivity contribution is 5.94. The molecule has 3 rings (SSSR count). The first-order chi connectivity index (χ1) is 9.20. The molecule has 2 aromatic rings. The van der Waals surface area contributed by atoms with Crippen LogP contribution in [0.2, 0.25) is 0 Å². The van der Waals surface area contributed by atoms with E-state index in [1.807, 2.05) is 0 Å². The van der Waals surface area contributed by atoms with Gasteiger partial charge in [0.25, 0.3) is 5.56 Å². The van der Waals surface area contributed by atoms with Crippen LogP contribution in [0.4, 0.5) is 0 Å². The molecule has 0 bridgehead atoms. The summed E-state index contributed by atoms with van der Waals surface area (Å²) < 4.78 is 10.3. The average Bonchev–Trinajstić information content (AvgIpc) is 2.78. The Hall–Kier alpha value is -2.56. The summed E-state index contributed by atoms with van der Waals surface area (Å²) in [4.78, 5) is 26.1. The van der Waals surface area contributed by atoms with Gasteiger partial charge in [0, 0.05) is 6.20 Å². The molecule has 96 valence electrons. The maximum atomic E-state index is 11.9. The second kappa shape index (κ2) is 4.28. The van der Waals surface area contributed by atoms with Crippen LogP contribution < -0.4 is 10.3 Å². The van der Waals surface area contributed by atoms with E-state index in [1.165, 1.54) is 6.20 Å². The number of hydrogen-bond donors (Lipinski definition) is 1. The number of carbonyl (C=O) groups is 1. The van der Waals surface area contributed by atoms with E-state index in [0.717, 1.165) is 5.56 Å². The molecule has 5 nitrogen and oxygen atoms in total. The molecule has 0 spiro atoms. The number of rotatable bonds is 2. The van der Waals surface area contributed by atoms with Crippen molar-refractivity contribution in [1.82, 2.24) is 4.98 Å². The minimum atomic E-state index is -0.654. The fourth-order valence-electron chi connectivity index (χ4n) is 2.17. The third-order valence-corrected chi connectivity index (χ3v) is 3.12. The van der Waals surface area contributed by atoms with Gasteiger partial charge < -0.3 is 14.5 Å². The van der Waals surface area contributed by atoms with Crippen LogP contribution in [-0.2, 0) is 4.74 Å². The van der Waals surface area contributed by atoms with Crippen LogP contribution in [0, 0.1) is 0 Å². The minimum Gasteiger partial charge on any atom is -0.497 e. The lowest BCUT2D eigenvalue weighted by atomic mass is 10.0. The highest BCUT2D eigenvalue weighted by atomic mass is 16.5. The number of aromatic amines is 1. The van der Waals surface area contributed by atoms with Gasteiger partial charge in [-0.25, -0.2) is 4.79 Å². The number of hydrogen-bond acceptors (Lipinski definition) is 4. The van der Waals surface area contributed by atoms with Crippen molar-refractivity contribution in [3.63, 3.8) is 0 Å². The molecule has 1 N–H and O–H groups in total. The van der Waals surface area contributed by atoms with Gasteiger partial charge >= 0.3 is 5.97 Å². The van der Waals surface area contributed by atoms with E-state index in [2.05, 4.69) is 4.98 Å². The van der Waals surface area contributed by atoms with Gasteiger partial charge in [0.1, 0.15) is 5.75 Å². The number of esters is 1.